The predicted molar refractivity (Wildman–Crippen MR) is 74.3 cm³/mol. The average Bonchev–Trinajstić information content (AvgIpc) is 2.40. The van der Waals surface area contributed by atoms with E-state index in [1.54, 1.807) is 12.3 Å². The fourth-order valence-corrected chi connectivity index (χ4v) is 2.50. The number of nitrogens with zero attached hydrogens (tertiary/aromatic N) is 2. The zero-order valence-corrected chi connectivity index (χ0v) is 10.5. The van der Waals surface area contributed by atoms with E-state index in [0.717, 1.165) is 42.8 Å². The number of aromatic amines is 1. The second kappa shape index (κ2) is 4.46. The minimum Gasteiger partial charge on any atom is -0.367 e. The zero-order valence-electron chi connectivity index (χ0n) is 10.5. The predicted octanol–water partition coefficient (Wildman–Crippen LogP) is 1.28. The molecule has 1 fully saturated rings. The molecule has 1 N–H and O–H groups in total. The Morgan fingerprint density at radius 1 is 1.11 bits per heavy atom. The van der Waals surface area contributed by atoms with Gasteiger partial charge in [-0.1, -0.05) is 6.07 Å². The van der Waals surface area contributed by atoms with Crippen LogP contribution in [0.15, 0.2) is 35.3 Å². The second-order valence-electron chi connectivity index (χ2n) is 4.83. The SMILES string of the molecule is CN1CCN(c2cccc3c(=O)cc[nH]c23)CC1. The molecule has 0 saturated carbocycles. The molecule has 0 atom stereocenters. The van der Waals surface area contributed by atoms with Gasteiger partial charge in [-0.3, -0.25) is 4.79 Å². The molecule has 1 saturated heterocycles. The van der Waals surface area contributed by atoms with E-state index in [-0.39, 0.29) is 5.43 Å². The summed E-state index contributed by atoms with van der Waals surface area (Å²) in [5, 5.41) is 0.772. The van der Waals surface area contributed by atoms with Crippen molar-refractivity contribution in [2.45, 2.75) is 0 Å². The van der Waals surface area contributed by atoms with E-state index in [2.05, 4.69) is 27.9 Å². The van der Waals surface area contributed by atoms with Gasteiger partial charge in [-0.15, -0.1) is 0 Å². The summed E-state index contributed by atoms with van der Waals surface area (Å²) in [6, 6.07) is 7.51. The number of fused-ring (bicyclic) bond motifs is 1. The summed E-state index contributed by atoms with van der Waals surface area (Å²) in [7, 11) is 2.14. The number of anilines is 1. The number of H-pyrrole nitrogens is 1. The molecule has 2 aromatic rings. The van der Waals surface area contributed by atoms with Crippen molar-refractivity contribution in [1.29, 1.82) is 0 Å². The van der Waals surface area contributed by atoms with E-state index in [0.29, 0.717) is 0 Å². The molecule has 0 bridgehead atoms. The molecule has 0 aliphatic carbocycles. The lowest BCUT2D eigenvalue weighted by Crippen LogP contribution is -2.44. The van der Waals surface area contributed by atoms with Crippen molar-refractivity contribution in [3.05, 3.63) is 40.7 Å². The van der Waals surface area contributed by atoms with Crippen LogP contribution in [0, 0.1) is 0 Å². The van der Waals surface area contributed by atoms with Crippen molar-refractivity contribution >= 4 is 16.6 Å². The monoisotopic (exact) mass is 243 g/mol. The molecule has 4 heteroatoms. The van der Waals surface area contributed by atoms with Gasteiger partial charge in [-0.2, -0.15) is 0 Å². The summed E-state index contributed by atoms with van der Waals surface area (Å²) in [6.07, 6.45) is 1.73. The molecule has 18 heavy (non-hydrogen) atoms. The van der Waals surface area contributed by atoms with Gasteiger partial charge in [0.25, 0.3) is 0 Å². The fourth-order valence-electron chi connectivity index (χ4n) is 2.50. The molecule has 3 rings (SSSR count). The molecule has 94 valence electrons. The van der Waals surface area contributed by atoms with Crippen LogP contribution in [-0.2, 0) is 0 Å². The summed E-state index contributed by atoms with van der Waals surface area (Å²) >= 11 is 0. The smallest absolute Gasteiger partial charge is 0.189 e. The van der Waals surface area contributed by atoms with Crippen LogP contribution in [0.25, 0.3) is 10.9 Å². The van der Waals surface area contributed by atoms with Crippen molar-refractivity contribution in [2.24, 2.45) is 0 Å². The van der Waals surface area contributed by atoms with Crippen LogP contribution in [0.1, 0.15) is 0 Å². The van der Waals surface area contributed by atoms with Gasteiger partial charge < -0.3 is 14.8 Å². The van der Waals surface area contributed by atoms with E-state index < -0.39 is 0 Å². The summed E-state index contributed by atoms with van der Waals surface area (Å²) in [5.41, 5.74) is 2.17. The van der Waals surface area contributed by atoms with Crippen LogP contribution in [0.3, 0.4) is 0 Å². The van der Waals surface area contributed by atoms with Crippen LogP contribution in [-0.4, -0.2) is 43.1 Å². The Balaban J connectivity index is 2.07. The van der Waals surface area contributed by atoms with Gasteiger partial charge in [-0.05, 0) is 19.2 Å². The molecule has 2 heterocycles. The highest BCUT2D eigenvalue weighted by atomic mass is 16.1. The number of nitrogens with one attached hydrogen (secondary N) is 1. The molecule has 4 nitrogen and oxygen atoms in total. The van der Waals surface area contributed by atoms with Crippen molar-refractivity contribution < 1.29 is 0 Å². The number of piperazine rings is 1. The van der Waals surface area contributed by atoms with Gasteiger partial charge in [-0.25, -0.2) is 0 Å². The lowest BCUT2D eigenvalue weighted by Gasteiger charge is -2.34. The molecule has 0 amide bonds. The molecule has 1 aromatic heterocycles. The van der Waals surface area contributed by atoms with Crippen molar-refractivity contribution in [3.8, 4) is 0 Å². The summed E-state index contributed by atoms with van der Waals surface area (Å²) < 4.78 is 0. The Bertz CT molecular complexity index is 612. The third kappa shape index (κ3) is 1.88. The van der Waals surface area contributed by atoms with Crippen molar-refractivity contribution in [3.63, 3.8) is 0 Å². The Morgan fingerprint density at radius 3 is 2.67 bits per heavy atom. The highest BCUT2D eigenvalue weighted by molar-refractivity contribution is 5.90. The molecule has 1 aliphatic heterocycles. The summed E-state index contributed by atoms with van der Waals surface area (Å²) in [5.74, 6) is 0. The number of hydrogen-bond donors (Lipinski definition) is 1. The van der Waals surface area contributed by atoms with Crippen LogP contribution >= 0.6 is 0 Å². The number of hydrogen-bond acceptors (Lipinski definition) is 3. The maximum absolute atomic E-state index is 11.8. The van der Waals surface area contributed by atoms with E-state index in [1.165, 1.54) is 0 Å². The van der Waals surface area contributed by atoms with Crippen LogP contribution in [0.4, 0.5) is 5.69 Å². The van der Waals surface area contributed by atoms with Gasteiger partial charge in [0, 0.05) is 43.8 Å². The lowest BCUT2D eigenvalue weighted by molar-refractivity contribution is 0.313. The first-order valence-corrected chi connectivity index (χ1v) is 6.29. The van der Waals surface area contributed by atoms with Gasteiger partial charge >= 0.3 is 0 Å². The normalized spacial score (nSPS) is 17.3. The molecule has 1 aromatic carbocycles. The number of para-hydroxylation sites is 1. The highest BCUT2D eigenvalue weighted by Crippen LogP contribution is 2.23. The third-order valence-corrected chi connectivity index (χ3v) is 3.61. The average molecular weight is 243 g/mol. The van der Waals surface area contributed by atoms with Gasteiger partial charge in [0.05, 0.1) is 11.2 Å². The Labute approximate surface area is 106 Å². The highest BCUT2D eigenvalue weighted by Gasteiger charge is 2.16. The molecular weight excluding hydrogens is 226 g/mol. The summed E-state index contributed by atoms with van der Waals surface area (Å²) in [4.78, 5) is 19.7. The number of benzene rings is 1. The van der Waals surface area contributed by atoms with Crippen molar-refractivity contribution in [1.82, 2.24) is 9.88 Å². The minimum atomic E-state index is 0.0831. The van der Waals surface area contributed by atoms with Gasteiger partial charge in [0.2, 0.25) is 0 Å². The van der Waals surface area contributed by atoms with Gasteiger partial charge in [0.15, 0.2) is 5.43 Å². The first-order valence-electron chi connectivity index (χ1n) is 6.29. The Morgan fingerprint density at radius 2 is 1.89 bits per heavy atom. The van der Waals surface area contributed by atoms with Crippen LogP contribution < -0.4 is 10.3 Å². The fraction of sp³-hybridized carbons (Fsp3) is 0.357. The Hall–Kier alpha value is -1.81. The molecule has 0 spiro atoms. The number of rotatable bonds is 1. The molecular formula is C14H17N3O. The second-order valence-corrected chi connectivity index (χ2v) is 4.83. The van der Waals surface area contributed by atoms with Crippen LogP contribution in [0.2, 0.25) is 0 Å². The minimum absolute atomic E-state index is 0.0831. The van der Waals surface area contributed by atoms with E-state index in [1.807, 2.05) is 12.1 Å². The zero-order chi connectivity index (χ0) is 12.5. The first-order chi connectivity index (χ1) is 8.75. The first kappa shape index (κ1) is 11.3. The maximum Gasteiger partial charge on any atom is 0.189 e. The van der Waals surface area contributed by atoms with E-state index in [9.17, 15) is 4.79 Å². The quantitative estimate of drug-likeness (QED) is 0.820. The summed E-state index contributed by atoms with van der Waals surface area (Å²) in [6.45, 7) is 4.14. The largest absolute Gasteiger partial charge is 0.367 e. The number of pyridine rings is 1. The standard InChI is InChI=1S/C14H17N3O/c1-16-7-9-17(10-8-16)12-4-2-3-11-13(18)5-6-15-14(11)12/h2-6H,7-10H2,1H3,(H,15,18). The lowest BCUT2D eigenvalue weighted by atomic mass is 10.1. The molecule has 1 aliphatic rings. The Kier molecular flexibility index (Phi) is 2.80. The van der Waals surface area contributed by atoms with Crippen LogP contribution in [0.5, 0.6) is 0 Å². The van der Waals surface area contributed by atoms with E-state index >= 15 is 0 Å². The molecule has 0 radical (unpaired) electrons. The topological polar surface area (TPSA) is 39.3 Å². The number of likely N-dealkylation sites (N-methyl/N-ethyl adjacent to an activating group) is 1. The van der Waals surface area contributed by atoms with Gasteiger partial charge in [0.1, 0.15) is 0 Å². The van der Waals surface area contributed by atoms with E-state index in [4.69, 9.17) is 0 Å². The molecule has 0 unspecified atom stereocenters. The third-order valence-electron chi connectivity index (χ3n) is 3.61. The van der Waals surface area contributed by atoms with Crippen molar-refractivity contribution in [2.75, 3.05) is 38.1 Å². The number of aromatic nitrogens is 1. The maximum atomic E-state index is 11.8.